The Bertz CT molecular complexity index is 440. The van der Waals surface area contributed by atoms with E-state index in [-0.39, 0.29) is 4.21 Å². The Morgan fingerprint density at radius 2 is 2.21 bits per heavy atom. The number of primary amides is 1. The van der Waals surface area contributed by atoms with Crippen LogP contribution in [0.25, 0.3) is 0 Å². The first-order valence-electron chi connectivity index (χ1n) is 3.45. The molecule has 8 heteroatoms. The van der Waals surface area contributed by atoms with Crippen LogP contribution in [0, 0.1) is 0 Å². The monoisotopic (exact) mass is 254 g/mol. The van der Waals surface area contributed by atoms with Crippen molar-refractivity contribution < 1.29 is 13.2 Å². The standard InChI is InChI=1S/C6H7ClN2O3S2/c7-4-1-2-6(13-4)14(11,12)9-3-5(8)10/h1-2,9H,3H2,(H2,8,10). The molecule has 0 aromatic carbocycles. The number of nitrogens with two attached hydrogens (primary N) is 1. The maximum atomic E-state index is 11.4. The molecule has 0 radical (unpaired) electrons. The molecule has 1 aromatic heterocycles. The van der Waals surface area contributed by atoms with Crippen LogP contribution in [-0.2, 0) is 14.8 Å². The third-order valence-electron chi connectivity index (χ3n) is 1.25. The summed E-state index contributed by atoms with van der Waals surface area (Å²) in [6.07, 6.45) is 0. The van der Waals surface area contributed by atoms with E-state index in [0.29, 0.717) is 4.34 Å². The lowest BCUT2D eigenvalue weighted by molar-refractivity contribution is -0.116. The molecule has 0 atom stereocenters. The van der Waals surface area contributed by atoms with E-state index in [9.17, 15) is 13.2 Å². The van der Waals surface area contributed by atoms with Crippen LogP contribution in [0.15, 0.2) is 16.3 Å². The molecule has 1 aromatic rings. The lowest BCUT2D eigenvalue weighted by Crippen LogP contribution is -2.32. The molecule has 0 spiro atoms. The number of nitrogens with one attached hydrogen (secondary N) is 1. The molecule has 0 saturated heterocycles. The minimum absolute atomic E-state index is 0.0590. The van der Waals surface area contributed by atoms with Gasteiger partial charge < -0.3 is 5.73 Å². The number of sulfonamides is 1. The van der Waals surface area contributed by atoms with Gasteiger partial charge >= 0.3 is 0 Å². The van der Waals surface area contributed by atoms with Crippen LogP contribution in [0.2, 0.25) is 4.34 Å². The second kappa shape index (κ2) is 4.26. The number of hydrogen-bond acceptors (Lipinski definition) is 4. The molecule has 0 bridgehead atoms. The molecule has 1 rings (SSSR count). The van der Waals surface area contributed by atoms with E-state index in [1.54, 1.807) is 0 Å². The number of amides is 1. The van der Waals surface area contributed by atoms with Gasteiger partial charge in [-0.1, -0.05) is 11.6 Å². The Labute approximate surface area is 89.9 Å². The first-order valence-corrected chi connectivity index (χ1v) is 6.13. The minimum atomic E-state index is -3.65. The van der Waals surface area contributed by atoms with Crippen molar-refractivity contribution in [3.8, 4) is 0 Å². The van der Waals surface area contributed by atoms with Gasteiger partial charge in [0.05, 0.1) is 10.9 Å². The molecular weight excluding hydrogens is 248 g/mol. The summed E-state index contributed by atoms with van der Waals surface area (Å²) in [5, 5.41) is 0. The zero-order valence-corrected chi connectivity index (χ0v) is 9.25. The highest BCUT2D eigenvalue weighted by molar-refractivity contribution is 7.91. The molecule has 1 amide bonds. The molecular formula is C6H7ClN2O3S2. The van der Waals surface area contributed by atoms with E-state index in [2.05, 4.69) is 0 Å². The summed E-state index contributed by atoms with van der Waals surface area (Å²) >= 11 is 6.47. The predicted octanol–water partition coefficient (Wildman–Crippen LogP) is 0.165. The number of carbonyl (C=O) groups is 1. The van der Waals surface area contributed by atoms with Gasteiger partial charge in [-0.25, -0.2) is 13.1 Å². The molecule has 0 saturated carbocycles. The van der Waals surface area contributed by atoms with Crippen LogP contribution in [0.4, 0.5) is 0 Å². The summed E-state index contributed by atoms with van der Waals surface area (Å²) in [5.41, 5.74) is 4.79. The second-order valence-electron chi connectivity index (χ2n) is 2.35. The first-order chi connectivity index (χ1) is 6.42. The smallest absolute Gasteiger partial charge is 0.250 e. The van der Waals surface area contributed by atoms with Gasteiger partial charge in [0, 0.05) is 0 Å². The normalized spacial score (nSPS) is 11.5. The van der Waals surface area contributed by atoms with Crippen molar-refractivity contribution in [2.45, 2.75) is 4.21 Å². The maximum Gasteiger partial charge on any atom is 0.250 e. The Kier molecular flexibility index (Phi) is 3.48. The van der Waals surface area contributed by atoms with Crippen LogP contribution in [0.3, 0.4) is 0 Å². The number of thiophene rings is 1. The van der Waals surface area contributed by atoms with Gasteiger partial charge in [-0.15, -0.1) is 11.3 Å². The average molecular weight is 255 g/mol. The molecule has 0 aliphatic rings. The largest absolute Gasteiger partial charge is 0.369 e. The summed E-state index contributed by atoms with van der Waals surface area (Å²) in [6, 6.07) is 2.82. The van der Waals surface area contributed by atoms with Crippen molar-refractivity contribution in [2.24, 2.45) is 5.73 Å². The molecule has 78 valence electrons. The Morgan fingerprint density at radius 1 is 1.57 bits per heavy atom. The predicted molar refractivity (Wildman–Crippen MR) is 53.7 cm³/mol. The second-order valence-corrected chi connectivity index (χ2v) is 6.06. The van der Waals surface area contributed by atoms with Crippen molar-refractivity contribution in [3.05, 3.63) is 16.5 Å². The Morgan fingerprint density at radius 3 is 2.64 bits per heavy atom. The van der Waals surface area contributed by atoms with Crippen molar-refractivity contribution in [2.75, 3.05) is 6.54 Å². The van der Waals surface area contributed by atoms with E-state index in [1.165, 1.54) is 12.1 Å². The highest BCUT2D eigenvalue weighted by atomic mass is 35.5. The van der Waals surface area contributed by atoms with Gasteiger partial charge in [0.15, 0.2) is 0 Å². The molecule has 0 fully saturated rings. The zero-order valence-electron chi connectivity index (χ0n) is 6.86. The minimum Gasteiger partial charge on any atom is -0.369 e. The van der Waals surface area contributed by atoms with Crippen molar-refractivity contribution in [3.63, 3.8) is 0 Å². The summed E-state index contributed by atoms with van der Waals surface area (Å²) in [7, 11) is -3.65. The maximum absolute atomic E-state index is 11.4. The third-order valence-corrected chi connectivity index (χ3v) is 4.37. The zero-order chi connectivity index (χ0) is 10.8. The van der Waals surface area contributed by atoms with Crippen molar-refractivity contribution in [1.82, 2.24) is 4.72 Å². The first kappa shape index (κ1) is 11.4. The van der Waals surface area contributed by atoms with Crippen LogP contribution < -0.4 is 10.5 Å². The van der Waals surface area contributed by atoms with E-state index < -0.39 is 22.5 Å². The lowest BCUT2D eigenvalue weighted by Gasteiger charge is -2.00. The van der Waals surface area contributed by atoms with Gasteiger partial charge in [0.1, 0.15) is 4.21 Å². The molecule has 0 unspecified atom stereocenters. The fraction of sp³-hybridized carbons (Fsp3) is 0.167. The highest BCUT2D eigenvalue weighted by Gasteiger charge is 2.16. The Balaban J connectivity index is 2.81. The van der Waals surface area contributed by atoms with Gasteiger partial charge in [-0.2, -0.15) is 0 Å². The quantitative estimate of drug-likeness (QED) is 0.802. The number of rotatable bonds is 4. The fourth-order valence-corrected chi connectivity index (χ4v) is 3.20. The summed E-state index contributed by atoms with van der Waals surface area (Å²) in [5.74, 6) is -0.740. The summed E-state index contributed by atoms with van der Waals surface area (Å²) < 4.78 is 25.2. The summed E-state index contributed by atoms with van der Waals surface area (Å²) in [4.78, 5) is 10.4. The van der Waals surface area contributed by atoms with E-state index >= 15 is 0 Å². The van der Waals surface area contributed by atoms with Gasteiger partial charge in [-0.3, -0.25) is 4.79 Å². The highest BCUT2D eigenvalue weighted by Crippen LogP contribution is 2.24. The lowest BCUT2D eigenvalue weighted by atomic mass is 10.7. The van der Waals surface area contributed by atoms with E-state index in [0.717, 1.165) is 11.3 Å². The summed E-state index contributed by atoms with van der Waals surface area (Å²) in [6.45, 7) is -0.419. The molecule has 1 heterocycles. The van der Waals surface area contributed by atoms with E-state index in [4.69, 9.17) is 17.3 Å². The molecule has 14 heavy (non-hydrogen) atoms. The van der Waals surface area contributed by atoms with Crippen molar-refractivity contribution in [1.29, 1.82) is 0 Å². The number of hydrogen-bond donors (Lipinski definition) is 2. The molecule has 5 nitrogen and oxygen atoms in total. The number of halogens is 1. The molecule has 0 aliphatic heterocycles. The Hall–Kier alpha value is -0.630. The molecule has 3 N–H and O–H groups in total. The van der Waals surface area contributed by atoms with Crippen LogP contribution in [0.5, 0.6) is 0 Å². The SMILES string of the molecule is NC(=O)CNS(=O)(=O)c1ccc(Cl)s1. The number of carbonyl (C=O) groups excluding carboxylic acids is 1. The topological polar surface area (TPSA) is 89.3 Å². The van der Waals surface area contributed by atoms with E-state index in [1.807, 2.05) is 4.72 Å². The molecule has 0 aliphatic carbocycles. The fourth-order valence-electron chi connectivity index (χ4n) is 0.679. The van der Waals surface area contributed by atoms with Crippen LogP contribution in [-0.4, -0.2) is 20.9 Å². The van der Waals surface area contributed by atoms with Gasteiger partial charge in [0.2, 0.25) is 5.91 Å². The van der Waals surface area contributed by atoms with Gasteiger partial charge in [-0.05, 0) is 12.1 Å². The van der Waals surface area contributed by atoms with Gasteiger partial charge in [0.25, 0.3) is 10.0 Å². The van der Waals surface area contributed by atoms with Crippen LogP contribution in [0.1, 0.15) is 0 Å². The third kappa shape index (κ3) is 2.95. The average Bonchev–Trinajstić information content (AvgIpc) is 2.49. The van der Waals surface area contributed by atoms with Crippen LogP contribution >= 0.6 is 22.9 Å². The van der Waals surface area contributed by atoms with Crippen molar-refractivity contribution >= 4 is 38.9 Å².